The normalized spacial score (nSPS) is 11.4. The summed E-state index contributed by atoms with van der Waals surface area (Å²) >= 11 is 0. The summed E-state index contributed by atoms with van der Waals surface area (Å²) in [6.45, 7) is 0. The molecule has 26 aromatic rings. The van der Waals surface area contributed by atoms with Crippen LogP contribution in [0, 0.1) is 0 Å². The van der Waals surface area contributed by atoms with E-state index in [1.807, 2.05) is 24.3 Å². The molecular formula is C132H90N6O2. The maximum atomic E-state index is 6.28. The van der Waals surface area contributed by atoms with Gasteiger partial charge < -0.3 is 37.6 Å². The minimum atomic E-state index is 0.894. The Balaban J connectivity index is 0.000000148. The summed E-state index contributed by atoms with van der Waals surface area (Å²) in [6.07, 6.45) is 0. The molecular weight excluding hydrogens is 1700 g/mol. The molecule has 8 heteroatoms. The Labute approximate surface area is 811 Å². The first-order valence-corrected chi connectivity index (χ1v) is 47.6. The molecule has 0 atom stereocenters. The van der Waals surface area contributed by atoms with Crippen molar-refractivity contribution in [3.8, 4) is 78.1 Å². The monoisotopic (exact) mass is 1790 g/mol. The second-order valence-electron chi connectivity index (χ2n) is 35.5. The number of benzene rings is 22. The fourth-order valence-corrected chi connectivity index (χ4v) is 20.3. The molecule has 4 heterocycles. The van der Waals surface area contributed by atoms with Gasteiger partial charge in [0.25, 0.3) is 0 Å². The highest BCUT2D eigenvalue weighted by molar-refractivity contribution is 6.13. The molecule has 0 aliphatic rings. The number of hydrogen-bond acceptors (Lipinski definition) is 6. The first-order valence-electron chi connectivity index (χ1n) is 47.6. The molecule has 0 unspecified atom stereocenters. The fourth-order valence-electron chi connectivity index (χ4n) is 20.3. The van der Waals surface area contributed by atoms with Crippen LogP contribution in [-0.4, -0.2) is 9.13 Å². The van der Waals surface area contributed by atoms with Gasteiger partial charge in [-0.2, -0.15) is 0 Å². The molecule has 0 spiro atoms. The van der Waals surface area contributed by atoms with Gasteiger partial charge in [-0.1, -0.05) is 303 Å². The highest BCUT2D eigenvalue weighted by atomic mass is 16.3. The molecule has 0 saturated carbocycles. The van der Waals surface area contributed by atoms with E-state index in [0.717, 1.165) is 174 Å². The van der Waals surface area contributed by atoms with Crippen molar-refractivity contribution in [2.24, 2.45) is 0 Å². The van der Waals surface area contributed by atoms with E-state index in [2.05, 4.69) is 550 Å². The van der Waals surface area contributed by atoms with E-state index in [1.54, 1.807) is 0 Å². The number of fused-ring (bicyclic) bond motifs is 12. The van der Waals surface area contributed by atoms with Crippen LogP contribution in [0.4, 0.5) is 68.2 Å². The maximum Gasteiger partial charge on any atom is 0.136 e. The predicted octanol–water partition coefficient (Wildman–Crippen LogP) is 37.2. The number of nitrogens with zero attached hydrogens (tertiary/aromatic N) is 6. The smallest absolute Gasteiger partial charge is 0.136 e. The van der Waals surface area contributed by atoms with E-state index in [-0.39, 0.29) is 0 Å². The summed E-state index contributed by atoms with van der Waals surface area (Å²) in [7, 11) is 0. The summed E-state index contributed by atoms with van der Waals surface area (Å²) in [6, 6.07) is 195. The largest absolute Gasteiger partial charge is 0.456 e. The molecule has 0 aliphatic heterocycles. The van der Waals surface area contributed by atoms with Crippen LogP contribution in [0.3, 0.4) is 0 Å². The van der Waals surface area contributed by atoms with E-state index in [9.17, 15) is 0 Å². The van der Waals surface area contributed by atoms with E-state index in [0.29, 0.717) is 0 Å². The lowest BCUT2D eigenvalue weighted by molar-refractivity contribution is 0.668. The van der Waals surface area contributed by atoms with Crippen LogP contribution in [0.2, 0.25) is 0 Å². The van der Waals surface area contributed by atoms with Crippen molar-refractivity contribution in [1.29, 1.82) is 0 Å². The standard InChI is InChI=1S/2C66H45N3O/c1-4-14-52(15-5-1)67(57-38-28-48(29-39-57)50-33-43-64-62(44-50)59-20-10-12-22-63(59)69(64)54-18-8-3-9-19-54)55-34-24-46(25-35-55)47-26-36-56(37-27-47)68(53-16-6-2-7-17-53)58-40-30-49(31-41-58)51-32-42-61-60-21-11-13-23-65(60)70-66(61)45-51;1-4-14-52(15-5-1)67(53-16-6-2-7-17-53)55-34-24-46(25-35-55)47-26-36-56(37-27-47)68(58-40-30-49(31-41-58)51-32-42-61-60-21-11-13-23-65(60)70-66(61)45-51)57-38-28-48(29-39-57)50-33-43-64-62(44-50)59-20-10-12-22-63(59)69(64)54-18-8-3-9-19-54/h2*1-45H. The lowest BCUT2D eigenvalue weighted by Gasteiger charge is -2.26. The van der Waals surface area contributed by atoms with Gasteiger partial charge in [-0.15, -0.1) is 0 Å². The zero-order valence-electron chi connectivity index (χ0n) is 76.5. The SMILES string of the molecule is c1ccc(N(c2ccc(-c3ccc(N(c4ccccc4)c4ccc(-c5ccc6c(c5)c5ccccc5n6-c5ccccc5)cc4)cc3)cc2)c2ccc(-c3ccc4c(c3)oc3ccccc34)cc2)cc1.c1ccc(N(c2ccccc2)c2ccc(-c3ccc(N(c4ccc(-c5ccc6c(c5)oc5ccccc56)cc4)c4ccc(-c5ccc6c(c5)c5ccccc5n6-c5ccccc5)cc4)cc3)cc2)cc1. The van der Waals surface area contributed by atoms with Crippen LogP contribution in [0.25, 0.3) is 166 Å². The van der Waals surface area contributed by atoms with Gasteiger partial charge in [-0.25, -0.2) is 0 Å². The Kier molecular flexibility index (Phi) is 21.5. The van der Waals surface area contributed by atoms with Crippen LogP contribution >= 0.6 is 0 Å². The van der Waals surface area contributed by atoms with E-state index in [1.165, 1.54) is 60.3 Å². The highest BCUT2D eigenvalue weighted by Gasteiger charge is 2.23. The lowest BCUT2D eigenvalue weighted by Crippen LogP contribution is -2.10. The van der Waals surface area contributed by atoms with Gasteiger partial charge >= 0.3 is 0 Å². The average molecular weight is 1790 g/mol. The van der Waals surface area contributed by atoms with Crippen molar-refractivity contribution in [2.75, 3.05) is 19.6 Å². The Hall–Kier alpha value is -18.8. The average Bonchev–Trinajstić information content (AvgIpc) is 1.59. The molecule has 0 N–H and O–H groups in total. The van der Waals surface area contributed by atoms with Crippen LogP contribution in [0.1, 0.15) is 0 Å². The van der Waals surface area contributed by atoms with Gasteiger partial charge in [0.1, 0.15) is 22.3 Å². The Morgan fingerprint density at radius 3 is 0.579 bits per heavy atom. The third-order valence-electron chi connectivity index (χ3n) is 27.2. The molecule has 660 valence electrons. The van der Waals surface area contributed by atoms with Gasteiger partial charge in [0.2, 0.25) is 0 Å². The van der Waals surface area contributed by atoms with Crippen LogP contribution in [-0.2, 0) is 0 Å². The zero-order chi connectivity index (χ0) is 92.8. The minimum absolute atomic E-state index is 0.894. The van der Waals surface area contributed by atoms with Gasteiger partial charge in [-0.05, 0) is 309 Å². The number of para-hydroxylation sites is 10. The maximum absolute atomic E-state index is 6.28. The molecule has 4 aromatic heterocycles. The van der Waals surface area contributed by atoms with Crippen LogP contribution < -0.4 is 19.6 Å². The first kappa shape index (κ1) is 83.1. The third-order valence-corrected chi connectivity index (χ3v) is 27.2. The second-order valence-corrected chi connectivity index (χ2v) is 35.5. The summed E-state index contributed by atoms with van der Waals surface area (Å²) in [4.78, 5) is 9.27. The Morgan fingerprint density at radius 2 is 0.307 bits per heavy atom. The van der Waals surface area contributed by atoms with Gasteiger partial charge in [-0.3, -0.25) is 0 Å². The number of hydrogen-bond donors (Lipinski definition) is 0. The summed E-state index contributed by atoms with van der Waals surface area (Å²) in [5.74, 6) is 0. The number of aromatic nitrogens is 2. The van der Waals surface area contributed by atoms with Crippen molar-refractivity contribution in [2.45, 2.75) is 0 Å². The summed E-state index contributed by atoms with van der Waals surface area (Å²) in [5, 5.41) is 9.52. The lowest BCUT2D eigenvalue weighted by atomic mass is 10.0. The van der Waals surface area contributed by atoms with Crippen LogP contribution in [0.5, 0.6) is 0 Å². The third kappa shape index (κ3) is 15.8. The first-order chi connectivity index (χ1) is 69.4. The minimum Gasteiger partial charge on any atom is -0.456 e. The Morgan fingerprint density at radius 1 is 0.121 bits per heavy atom. The zero-order valence-corrected chi connectivity index (χ0v) is 76.5. The molecule has 8 nitrogen and oxygen atoms in total. The molecule has 26 rings (SSSR count). The molecule has 0 bridgehead atoms. The van der Waals surface area contributed by atoms with E-state index in [4.69, 9.17) is 8.83 Å². The predicted molar refractivity (Wildman–Crippen MR) is 587 cm³/mol. The second kappa shape index (κ2) is 36.2. The number of rotatable bonds is 20. The van der Waals surface area contributed by atoms with Gasteiger partial charge in [0.15, 0.2) is 0 Å². The van der Waals surface area contributed by atoms with Crippen molar-refractivity contribution in [3.05, 3.63) is 546 Å². The number of anilines is 12. The number of furan rings is 2. The molecule has 0 aliphatic carbocycles. The van der Waals surface area contributed by atoms with Crippen LogP contribution in [0.15, 0.2) is 555 Å². The molecule has 0 amide bonds. The molecule has 0 fully saturated rings. The molecule has 22 aromatic carbocycles. The summed E-state index contributed by atoms with van der Waals surface area (Å²) < 4.78 is 17.2. The van der Waals surface area contributed by atoms with Crippen molar-refractivity contribution in [3.63, 3.8) is 0 Å². The summed E-state index contributed by atoms with van der Waals surface area (Å²) in [5.41, 5.74) is 37.6. The van der Waals surface area contributed by atoms with Gasteiger partial charge in [0.05, 0.1) is 22.1 Å². The molecule has 140 heavy (non-hydrogen) atoms. The van der Waals surface area contributed by atoms with E-state index >= 15 is 0 Å². The van der Waals surface area contributed by atoms with Gasteiger partial charge in [0, 0.05) is 123 Å². The van der Waals surface area contributed by atoms with Crippen molar-refractivity contribution < 1.29 is 8.83 Å². The quantitative estimate of drug-likeness (QED) is 0.0758. The van der Waals surface area contributed by atoms with E-state index < -0.39 is 0 Å². The Bertz CT molecular complexity index is 8920. The van der Waals surface area contributed by atoms with Crippen molar-refractivity contribution >= 4 is 156 Å². The fraction of sp³-hybridized carbons (Fsp3) is 0. The topological polar surface area (TPSA) is 49.1 Å². The molecule has 0 saturated heterocycles. The highest BCUT2D eigenvalue weighted by Crippen LogP contribution is 2.47. The van der Waals surface area contributed by atoms with Crippen molar-refractivity contribution in [1.82, 2.24) is 9.13 Å². The molecule has 0 radical (unpaired) electrons.